The third kappa shape index (κ3) is 5.33. The van der Waals surface area contributed by atoms with Crippen molar-refractivity contribution in [3.63, 3.8) is 0 Å². The van der Waals surface area contributed by atoms with Gasteiger partial charge < -0.3 is 10.2 Å². The molecule has 0 aromatic heterocycles. The highest BCUT2D eigenvalue weighted by molar-refractivity contribution is 5.23. The van der Waals surface area contributed by atoms with Crippen molar-refractivity contribution >= 4 is 0 Å². The van der Waals surface area contributed by atoms with E-state index in [1.807, 2.05) is 0 Å². The molecule has 0 aliphatic rings. The van der Waals surface area contributed by atoms with Crippen LogP contribution in [0.5, 0.6) is 0 Å². The van der Waals surface area contributed by atoms with Gasteiger partial charge in [0.2, 0.25) is 0 Å². The van der Waals surface area contributed by atoms with E-state index in [0.717, 1.165) is 25.9 Å². The first-order valence-corrected chi connectivity index (χ1v) is 6.61. The Morgan fingerprint density at radius 3 is 2.12 bits per heavy atom. The lowest BCUT2D eigenvalue weighted by atomic mass is 10.0. The third-order valence-corrected chi connectivity index (χ3v) is 2.99. The van der Waals surface area contributed by atoms with Crippen molar-refractivity contribution in [1.82, 2.24) is 10.2 Å². The van der Waals surface area contributed by atoms with Crippen LogP contribution in [-0.2, 0) is 12.8 Å². The Morgan fingerprint density at radius 2 is 1.65 bits per heavy atom. The highest BCUT2D eigenvalue weighted by Crippen LogP contribution is 2.08. The summed E-state index contributed by atoms with van der Waals surface area (Å²) in [6.45, 7) is 6.49. The van der Waals surface area contributed by atoms with Crippen molar-refractivity contribution < 1.29 is 0 Å². The van der Waals surface area contributed by atoms with Gasteiger partial charge in [0.25, 0.3) is 0 Å². The molecule has 0 aliphatic heterocycles. The molecule has 2 nitrogen and oxygen atoms in total. The summed E-state index contributed by atoms with van der Waals surface area (Å²) in [5.41, 5.74) is 2.84. The predicted octanol–water partition coefficient (Wildman–Crippen LogP) is 2.33. The van der Waals surface area contributed by atoms with E-state index in [9.17, 15) is 0 Å². The van der Waals surface area contributed by atoms with Crippen LogP contribution in [0.15, 0.2) is 24.3 Å². The highest BCUT2D eigenvalue weighted by atomic mass is 15.1. The first kappa shape index (κ1) is 14.2. The first-order valence-electron chi connectivity index (χ1n) is 6.61. The maximum Gasteiger partial charge on any atom is 0.0235 e. The second kappa shape index (κ2) is 7.46. The van der Waals surface area contributed by atoms with E-state index in [0.29, 0.717) is 6.04 Å². The highest BCUT2D eigenvalue weighted by Gasteiger charge is 2.09. The fourth-order valence-corrected chi connectivity index (χ4v) is 2.13. The van der Waals surface area contributed by atoms with Gasteiger partial charge in [0.05, 0.1) is 0 Å². The standard InChI is InChI=1S/C15H26N2/c1-5-13-7-9-14(10-8-13)11-15(16-6-2)12-17(3)4/h7-10,15-16H,5-6,11-12H2,1-4H3. The number of hydrogen-bond donors (Lipinski definition) is 1. The Kier molecular flexibility index (Phi) is 6.23. The minimum atomic E-state index is 0.544. The van der Waals surface area contributed by atoms with E-state index in [-0.39, 0.29) is 0 Å². The number of nitrogens with one attached hydrogen (secondary N) is 1. The number of benzene rings is 1. The van der Waals surface area contributed by atoms with Gasteiger partial charge in [0.1, 0.15) is 0 Å². The summed E-state index contributed by atoms with van der Waals surface area (Å²) in [5.74, 6) is 0. The van der Waals surface area contributed by atoms with Crippen molar-refractivity contribution in [2.45, 2.75) is 32.7 Å². The van der Waals surface area contributed by atoms with Gasteiger partial charge in [-0.25, -0.2) is 0 Å². The van der Waals surface area contributed by atoms with Crippen LogP contribution >= 0.6 is 0 Å². The fourth-order valence-electron chi connectivity index (χ4n) is 2.13. The van der Waals surface area contributed by atoms with Crippen LogP contribution in [0.4, 0.5) is 0 Å². The lowest BCUT2D eigenvalue weighted by Crippen LogP contribution is -2.39. The lowest BCUT2D eigenvalue weighted by Gasteiger charge is -2.22. The minimum Gasteiger partial charge on any atom is -0.313 e. The predicted molar refractivity (Wildman–Crippen MR) is 75.5 cm³/mol. The Morgan fingerprint density at radius 1 is 1.06 bits per heavy atom. The SMILES string of the molecule is CCNC(Cc1ccc(CC)cc1)CN(C)C. The van der Waals surface area contributed by atoms with Crippen molar-refractivity contribution in [2.24, 2.45) is 0 Å². The van der Waals surface area contributed by atoms with E-state index in [2.05, 4.69) is 62.4 Å². The molecule has 0 heterocycles. The molecule has 1 aromatic carbocycles. The summed E-state index contributed by atoms with van der Waals surface area (Å²) >= 11 is 0. The van der Waals surface area contributed by atoms with Gasteiger partial charge in [0, 0.05) is 12.6 Å². The van der Waals surface area contributed by atoms with Crippen LogP contribution in [0, 0.1) is 0 Å². The van der Waals surface area contributed by atoms with Crippen molar-refractivity contribution in [1.29, 1.82) is 0 Å². The average molecular weight is 234 g/mol. The van der Waals surface area contributed by atoms with Crippen LogP contribution in [0.1, 0.15) is 25.0 Å². The maximum atomic E-state index is 3.55. The fraction of sp³-hybridized carbons (Fsp3) is 0.600. The lowest BCUT2D eigenvalue weighted by molar-refractivity contribution is 0.339. The van der Waals surface area contributed by atoms with Crippen LogP contribution in [0.2, 0.25) is 0 Å². The van der Waals surface area contributed by atoms with Crippen LogP contribution < -0.4 is 5.32 Å². The molecular weight excluding hydrogens is 208 g/mol. The van der Waals surface area contributed by atoms with Crippen LogP contribution in [-0.4, -0.2) is 38.1 Å². The normalized spacial score (nSPS) is 13.0. The summed E-state index contributed by atoms with van der Waals surface area (Å²) in [7, 11) is 4.26. The van der Waals surface area contributed by atoms with Crippen LogP contribution in [0.25, 0.3) is 0 Å². The molecule has 0 saturated heterocycles. The molecule has 0 spiro atoms. The molecule has 0 radical (unpaired) electrons. The number of likely N-dealkylation sites (N-methyl/N-ethyl adjacent to an activating group) is 2. The molecule has 1 atom stereocenters. The molecule has 1 rings (SSSR count). The summed E-state index contributed by atoms with van der Waals surface area (Å²) < 4.78 is 0. The zero-order valence-corrected chi connectivity index (χ0v) is 11.7. The van der Waals surface area contributed by atoms with Crippen molar-refractivity contribution in [3.8, 4) is 0 Å². The molecule has 0 bridgehead atoms. The monoisotopic (exact) mass is 234 g/mol. The number of aryl methyl sites for hydroxylation is 1. The summed E-state index contributed by atoms with van der Waals surface area (Å²) in [5, 5.41) is 3.55. The van der Waals surface area contributed by atoms with E-state index in [1.165, 1.54) is 11.1 Å². The van der Waals surface area contributed by atoms with E-state index in [1.54, 1.807) is 0 Å². The van der Waals surface area contributed by atoms with Gasteiger partial charge in [-0.3, -0.25) is 0 Å². The number of rotatable bonds is 7. The number of nitrogens with zero attached hydrogens (tertiary/aromatic N) is 1. The van der Waals surface area contributed by atoms with Crippen LogP contribution in [0.3, 0.4) is 0 Å². The van der Waals surface area contributed by atoms with Gasteiger partial charge in [-0.1, -0.05) is 38.1 Å². The Bertz CT molecular complexity index is 303. The van der Waals surface area contributed by atoms with Gasteiger partial charge in [-0.15, -0.1) is 0 Å². The van der Waals surface area contributed by atoms with Gasteiger partial charge in [-0.05, 0) is 44.6 Å². The Labute approximate surface area is 106 Å². The molecular formula is C15H26N2. The first-order chi connectivity index (χ1) is 8.15. The molecule has 0 amide bonds. The van der Waals surface area contributed by atoms with Crippen molar-refractivity contribution in [2.75, 3.05) is 27.2 Å². The van der Waals surface area contributed by atoms with Gasteiger partial charge in [0.15, 0.2) is 0 Å². The summed E-state index contributed by atoms with van der Waals surface area (Å²) in [6.07, 6.45) is 2.23. The quantitative estimate of drug-likeness (QED) is 0.779. The largest absolute Gasteiger partial charge is 0.313 e. The average Bonchev–Trinajstić information content (AvgIpc) is 2.29. The minimum absolute atomic E-state index is 0.544. The molecule has 17 heavy (non-hydrogen) atoms. The maximum absolute atomic E-state index is 3.55. The van der Waals surface area contributed by atoms with Gasteiger partial charge in [-0.2, -0.15) is 0 Å². The molecule has 0 fully saturated rings. The molecule has 1 N–H and O–H groups in total. The van der Waals surface area contributed by atoms with E-state index < -0.39 is 0 Å². The second-order valence-corrected chi connectivity index (χ2v) is 4.89. The zero-order valence-electron chi connectivity index (χ0n) is 11.7. The third-order valence-electron chi connectivity index (χ3n) is 2.99. The zero-order chi connectivity index (χ0) is 12.7. The Hall–Kier alpha value is -0.860. The second-order valence-electron chi connectivity index (χ2n) is 4.89. The summed E-state index contributed by atoms with van der Waals surface area (Å²) in [4.78, 5) is 2.24. The van der Waals surface area contributed by atoms with Gasteiger partial charge >= 0.3 is 0 Å². The molecule has 1 aromatic rings. The topological polar surface area (TPSA) is 15.3 Å². The Balaban J connectivity index is 2.58. The van der Waals surface area contributed by atoms with Crippen molar-refractivity contribution in [3.05, 3.63) is 35.4 Å². The molecule has 1 unspecified atom stereocenters. The molecule has 2 heteroatoms. The molecule has 0 aliphatic carbocycles. The van der Waals surface area contributed by atoms with E-state index >= 15 is 0 Å². The number of hydrogen-bond acceptors (Lipinski definition) is 2. The van der Waals surface area contributed by atoms with E-state index in [4.69, 9.17) is 0 Å². The smallest absolute Gasteiger partial charge is 0.0235 e. The molecule has 96 valence electrons. The summed E-state index contributed by atoms with van der Waals surface area (Å²) in [6, 6.07) is 9.56. The molecule has 0 saturated carbocycles.